The Hall–Kier alpha value is -1.89. The highest BCUT2D eigenvalue weighted by Crippen LogP contribution is 2.35. The fourth-order valence-electron chi connectivity index (χ4n) is 2.81. The van der Waals surface area contributed by atoms with E-state index in [1.54, 1.807) is 6.92 Å². The van der Waals surface area contributed by atoms with E-state index in [2.05, 4.69) is 5.32 Å². The van der Waals surface area contributed by atoms with E-state index in [0.29, 0.717) is 28.3 Å². The van der Waals surface area contributed by atoms with Crippen molar-refractivity contribution < 1.29 is 19.1 Å². The van der Waals surface area contributed by atoms with E-state index in [0.717, 1.165) is 43.7 Å². The van der Waals surface area contributed by atoms with Crippen LogP contribution in [-0.4, -0.2) is 42.9 Å². The summed E-state index contributed by atoms with van der Waals surface area (Å²) in [6.45, 7) is 5.11. The highest BCUT2D eigenvalue weighted by atomic mass is 32.1. The van der Waals surface area contributed by atoms with Crippen LogP contribution in [-0.2, 0) is 9.53 Å². The summed E-state index contributed by atoms with van der Waals surface area (Å²) in [7, 11) is 1.29. The standard InChI is InChI=1S/C17H24N2O4S/c1-4-8-12(20)18-15-13(17(22)23-3)11(2)14(24-15)16(21)19-9-6-5-7-10-19/h4-10H2,1-3H3,(H,18,20). The van der Waals surface area contributed by atoms with Gasteiger partial charge < -0.3 is 15.0 Å². The maximum atomic E-state index is 12.8. The van der Waals surface area contributed by atoms with Crippen molar-refractivity contribution in [3.05, 3.63) is 16.0 Å². The number of esters is 1. The second-order valence-corrected chi connectivity index (χ2v) is 6.92. The zero-order valence-electron chi connectivity index (χ0n) is 14.4. The highest BCUT2D eigenvalue weighted by molar-refractivity contribution is 7.18. The Morgan fingerprint density at radius 2 is 1.88 bits per heavy atom. The van der Waals surface area contributed by atoms with E-state index in [1.807, 2.05) is 11.8 Å². The van der Waals surface area contributed by atoms with Gasteiger partial charge in [-0.15, -0.1) is 11.3 Å². The molecule has 1 aliphatic rings. The second-order valence-electron chi connectivity index (χ2n) is 5.90. The molecule has 132 valence electrons. The first-order valence-electron chi connectivity index (χ1n) is 8.30. The minimum Gasteiger partial charge on any atom is -0.465 e. The van der Waals surface area contributed by atoms with E-state index in [4.69, 9.17) is 4.74 Å². The number of piperidine rings is 1. The number of nitrogens with zero attached hydrogens (tertiary/aromatic N) is 1. The summed E-state index contributed by atoms with van der Waals surface area (Å²) in [6, 6.07) is 0. The summed E-state index contributed by atoms with van der Waals surface area (Å²) in [4.78, 5) is 39.1. The fourth-order valence-corrected chi connectivity index (χ4v) is 3.99. The number of carbonyl (C=O) groups is 3. The second kappa shape index (κ2) is 8.28. The SMILES string of the molecule is CCCC(=O)Nc1sc(C(=O)N2CCCCC2)c(C)c1C(=O)OC. The van der Waals surface area contributed by atoms with Gasteiger partial charge in [-0.25, -0.2) is 4.79 Å². The van der Waals surface area contributed by atoms with Crippen molar-refractivity contribution in [1.82, 2.24) is 4.90 Å². The van der Waals surface area contributed by atoms with Gasteiger partial charge in [-0.1, -0.05) is 6.92 Å². The highest BCUT2D eigenvalue weighted by Gasteiger charge is 2.29. The Labute approximate surface area is 146 Å². The largest absolute Gasteiger partial charge is 0.465 e. The zero-order valence-corrected chi connectivity index (χ0v) is 15.3. The number of ether oxygens (including phenoxy) is 1. The van der Waals surface area contributed by atoms with Crippen molar-refractivity contribution in [1.29, 1.82) is 0 Å². The molecule has 0 bridgehead atoms. The maximum Gasteiger partial charge on any atom is 0.341 e. The minimum atomic E-state index is -0.534. The van der Waals surface area contributed by atoms with Crippen molar-refractivity contribution >= 4 is 34.1 Å². The number of hydrogen-bond acceptors (Lipinski definition) is 5. The molecule has 0 atom stereocenters. The van der Waals surface area contributed by atoms with Crippen molar-refractivity contribution in [3.8, 4) is 0 Å². The molecular formula is C17H24N2O4S. The van der Waals surface area contributed by atoms with Gasteiger partial charge in [0.05, 0.1) is 17.6 Å². The van der Waals surface area contributed by atoms with Crippen molar-refractivity contribution in [2.45, 2.75) is 46.0 Å². The number of likely N-dealkylation sites (tertiary alicyclic amines) is 1. The molecular weight excluding hydrogens is 328 g/mol. The van der Waals surface area contributed by atoms with Gasteiger partial charge in [-0.3, -0.25) is 9.59 Å². The number of nitrogens with one attached hydrogen (secondary N) is 1. The molecule has 0 aliphatic carbocycles. The first kappa shape index (κ1) is 18.4. The van der Waals surface area contributed by atoms with Gasteiger partial charge >= 0.3 is 5.97 Å². The van der Waals surface area contributed by atoms with Gasteiger partial charge in [0, 0.05) is 19.5 Å². The molecule has 0 saturated carbocycles. The Morgan fingerprint density at radius 1 is 1.21 bits per heavy atom. The third kappa shape index (κ3) is 3.95. The molecule has 0 unspecified atom stereocenters. The summed E-state index contributed by atoms with van der Waals surface area (Å²) in [5.41, 5.74) is 0.863. The number of rotatable bonds is 5. The number of thiophene rings is 1. The molecule has 0 radical (unpaired) electrons. The van der Waals surface area contributed by atoms with Crippen LogP contribution < -0.4 is 5.32 Å². The van der Waals surface area contributed by atoms with Crippen LogP contribution in [0.15, 0.2) is 0 Å². The van der Waals surface area contributed by atoms with E-state index in [1.165, 1.54) is 7.11 Å². The predicted octanol–water partition coefficient (Wildman–Crippen LogP) is 3.21. The Bertz CT molecular complexity index is 633. The molecule has 7 heteroatoms. The third-order valence-corrected chi connectivity index (χ3v) is 5.30. The van der Waals surface area contributed by atoms with E-state index < -0.39 is 5.97 Å². The van der Waals surface area contributed by atoms with Crippen LogP contribution in [0, 0.1) is 6.92 Å². The van der Waals surface area contributed by atoms with E-state index in [-0.39, 0.29) is 17.4 Å². The van der Waals surface area contributed by atoms with Crippen molar-refractivity contribution in [3.63, 3.8) is 0 Å². The lowest BCUT2D eigenvalue weighted by atomic mass is 10.1. The topological polar surface area (TPSA) is 75.7 Å². The fraction of sp³-hybridized carbons (Fsp3) is 0.588. The van der Waals surface area contributed by atoms with Crippen LogP contribution in [0.5, 0.6) is 0 Å². The number of methoxy groups -OCH3 is 1. The number of carbonyl (C=O) groups excluding carboxylic acids is 3. The lowest BCUT2D eigenvalue weighted by Gasteiger charge is -2.26. The summed E-state index contributed by atoms with van der Waals surface area (Å²) in [5, 5.41) is 3.15. The number of amides is 2. The summed E-state index contributed by atoms with van der Waals surface area (Å²) in [5.74, 6) is -0.771. The molecule has 1 N–H and O–H groups in total. The van der Waals surface area contributed by atoms with Gasteiger partial charge in [0.2, 0.25) is 5.91 Å². The lowest BCUT2D eigenvalue weighted by molar-refractivity contribution is -0.116. The molecule has 0 aromatic carbocycles. The van der Waals surface area contributed by atoms with Crippen molar-refractivity contribution in [2.75, 3.05) is 25.5 Å². The Balaban J connectivity index is 2.34. The smallest absolute Gasteiger partial charge is 0.341 e. The monoisotopic (exact) mass is 352 g/mol. The average molecular weight is 352 g/mol. The molecule has 1 aromatic heterocycles. The molecule has 1 aromatic rings. The maximum absolute atomic E-state index is 12.8. The molecule has 2 rings (SSSR count). The normalized spacial score (nSPS) is 14.4. The molecule has 24 heavy (non-hydrogen) atoms. The van der Waals surface area contributed by atoms with Crippen LogP contribution in [0.25, 0.3) is 0 Å². The minimum absolute atomic E-state index is 0.0710. The van der Waals surface area contributed by atoms with Gasteiger partial charge in [-0.05, 0) is 38.2 Å². The molecule has 1 fully saturated rings. The molecule has 1 aliphatic heterocycles. The molecule has 2 heterocycles. The van der Waals surface area contributed by atoms with Crippen LogP contribution >= 0.6 is 11.3 Å². The predicted molar refractivity (Wildman–Crippen MR) is 93.7 cm³/mol. The van der Waals surface area contributed by atoms with Gasteiger partial charge in [-0.2, -0.15) is 0 Å². The quantitative estimate of drug-likeness (QED) is 0.826. The molecule has 2 amide bonds. The third-order valence-electron chi connectivity index (χ3n) is 4.10. The summed E-state index contributed by atoms with van der Waals surface area (Å²) < 4.78 is 4.83. The molecule has 6 nitrogen and oxygen atoms in total. The summed E-state index contributed by atoms with van der Waals surface area (Å²) in [6.07, 6.45) is 4.22. The van der Waals surface area contributed by atoms with Crippen molar-refractivity contribution in [2.24, 2.45) is 0 Å². The number of anilines is 1. The lowest BCUT2D eigenvalue weighted by Crippen LogP contribution is -2.35. The molecule has 0 spiro atoms. The Kier molecular flexibility index (Phi) is 6.36. The first-order valence-corrected chi connectivity index (χ1v) is 9.12. The van der Waals surface area contributed by atoms with E-state index >= 15 is 0 Å². The zero-order chi connectivity index (χ0) is 17.7. The van der Waals surface area contributed by atoms with Crippen LogP contribution in [0.2, 0.25) is 0 Å². The van der Waals surface area contributed by atoms with E-state index in [9.17, 15) is 14.4 Å². The average Bonchev–Trinajstić information content (AvgIpc) is 2.90. The summed E-state index contributed by atoms with van der Waals surface area (Å²) >= 11 is 1.16. The van der Waals surface area contributed by atoms with Crippen LogP contribution in [0.1, 0.15) is 64.6 Å². The Morgan fingerprint density at radius 3 is 2.46 bits per heavy atom. The molecule has 1 saturated heterocycles. The van der Waals surface area contributed by atoms with Gasteiger partial charge in [0.25, 0.3) is 5.91 Å². The first-order chi connectivity index (χ1) is 11.5. The van der Waals surface area contributed by atoms with Gasteiger partial charge in [0.1, 0.15) is 5.00 Å². The number of hydrogen-bond donors (Lipinski definition) is 1. The van der Waals surface area contributed by atoms with Crippen LogP contribution in [0.3, 0.4) is 0 Å². The van der Waals surface area contributed by atoms with Gasteiger partial charge in [0.15, 0.2) is 0 Å². The van der Waals surface area contributed by atoms with Crippen LogP contribution in [0.4, 0.5) is 5.00 Å².